The molecular weight excluding hydrogens is 352 g/mol. The van der Waals surface area contributed by atoms with Crippen molar-refractivity contribution in [1.82, 2.24) is 29.8 Å². The van der Waals surface area contributed by atoms with E-state index in [-0.39, 0.29) is 11.5 Å². The molecule has 0 atom stereocenters. The van der Waals surface area contributed by atoms with Crippen LogP contribution in [0.2, 0.25) is 0 Å². The molecule has 1 fully saturated rings. The van der Waals surface area contributed by atoms with Crippen LogP contribution in [0.5, 0.6) is 0 Å². The molecule has 0 saturated heterocycles. The van der Waals surface area contributed by atoms with Gasteiger partial charge >= 0.3 is 5.69 Å². The summed E-state index contributed by atoms with van der Waals surface area (Å²) in [4.78, 5) is 28.9. The number of tetrazole rings is 1. The number of nitrogen functional groups attached to an aromatic ring is 1. The summed E-state index contributed by atoms with van der Waals surface area (Å²) in [5.74, 6) is 0.803. The summed E-state index contributed by atoms with van der Waals surface area (Å²) in [6.45, 7) is 3.57. The van der Waals surface area contributed by atoms with Gasteiger partial charge in [0, 0.05) is 20.2 Å². The van der Waals surface area contributed by atoms with Crippen molar-refractivity contribution in [2.45, 2.75) is 51.7 Å². The molecule has 0 aromatic carbocycles. The molecule has 0 spiro atoms. The second kappa shape index (κ2) is 8.33. The van der Waals surface area contributed by atoms with Crippen molar-refractivity contribution in [1.29, 1.82) is 0 Å². The number of nitrogens with two attached hydrogens (primary N) is 1. The third kappa shape index (κ3) is 4.18. The molecule has 0 aliphatic heterocycles. The lowest BCUT2D eigenvalue weighted by atomic mass is 10.3. The highest BCUT2D eigenvalue weighted by Gasteiger charge is 2.29. The van der Waals surface area contributed by atoms with Crippen LogP contribution < -0.4 is 21.9 Å². The van der Waals surface area contributed by atoms with Gasteiger partial charge in [0.25, 0.3) is 5.56 Å². The molecule has 27 heavy (non-hydrogen) atoms. The van der Waals surface area contributed by atoms with Gasteiger partial charge in [-0.3, -0.25) is 14.3 Å². The summed E-state index contributed by atoms with van der Waals surface area (Å²) in [7, 11) is 1.59. The summed E-state index contributed by atoms with van der Waals surface area (Å²) in [5, 5.41) is 11.9. The quantitative estimate of drug-likeness (QED) is 0.584. The van der Waals surface area contributed by atoms with E-state index in [0.717, 1.165) is 25.7 Å². The number of rotatable bonds is 10. The third-order valence-electron chi connectivity index (χ3n) is 4.62. The van der Waals surface area contributed by atoms with E-state index >= 15 is 0 Å². The zero-order valence-corrected chi connectivity index (χ0v) is 15.7. The lowest BCUT2D eigenvalue weighted by Gasteiger charge is -2.25. The molecule has 11 heteroatoms. The van der Waals surface area contributed by atoms with Crippen molar-refractivity contribution in [2.75, 3.05) is 30.9 Å². The molecule has 0 bridgehead atoms. The topological polar surface area (TPSA) is 137 Å². The number of hydrogen-bond donors (Lipinski definition) is 2. The van der Waals surface area contributed by atoms with Gasteiger partial charge in [-0.15, -0.1) is 5.10 Å². The van der Waals surface area contributed by atoms with E-state index in [9.17, 15) is 9.59 Å². The predicted octanol–water partition coefficient (Wildman–Crippen LogP) is -0.107. The Labute approximate surface area is 156 Å². The minimum atomic E-state index is -0.521. The highest BCUT2D eigenvalue weighted by molar-refractivity contribution is 5.62. The number of ether oxygens (including phenoxy) is 1. The standard InChI is InChI=1S/C16H26N8O3/c1-3-4-7-23-14(17)13(15(25)18-16(23)26)22(8-9-27-2)10-12-19-20-21-24(12)11-5-6-11/h11H,3-10,17H2,1-2H3,(H,18,25,26). The van der Waals surface area contributed by atoms with Crippen LogP contribution in [-0.4, -0.2) is 50.0 Å². The van der Waals surface area contributed by atoms with E-state index in [1.54, 1.807) is 16.7 Å². The number of nitrogens with one attached hydrogen (secondary N) is 1. The van der Waals surface area contributed by atoms with E-state index in [1.165, 1.54) is 4.57 Å². The van der Waals surface area contributed by atoms with Crippen LogP contribution in [0, 0.1) is 0 Å². The van der Waals surface area contributed by atoms with Crippen LogP contribution in [0.25, 0.3) is 0 Å². The van der Waals surface area contributed by atoms with Gasteiger partial charge in [0.15, 0.2) is 5.82 Å². The lowest BCUT2D eigenvalue weighted by molar-refractivity contribution is 0.204. The number of nitrogens with zero attached hydrogens (tertiary/aromatic N) is 6. The Morgan fingerprint density at radius 2 is 2.15 bits per heavy atom. The van der Waals surface area contributed by atoms with Gasteiger partial charge in [0.2, 0.25) is 0 Å². The Morgan fingerprint density at radius 1 is 1.37 bits per heavy atom. The normalized spacial score (nSPS) is 13.9. The highest BCUT2D eigenvalue weighted by Crippen LogP contribution is 2.34. The summed E-state index contributed by atoms with van der Waals surface area (Å²) in [6, 6.07) is 0.313. The molecule has 1 saturated carbocycles. The molecule has 0 amide bonds. The lowest BCUT2D eigenvalue weighted by Crippen LogP contribution is -2.39. The fourth-order valence-electron chi connectivity index (χ4n) is 2.98. The molecule has 2 aromatic heterocycles. The minimum Gasteiger partial charge on any atom is -0.383 e. The van der Waals surface area contributed by atoms with E-state index in [4.69, 9.17) is 10.5 Å². The Kier molecular flexibility index (Phi) is 5.89. The Balaban J connectivity index is 1.97. The zero-order valence-electron chi connectivity index (χ0n) is 15.7. The molecule has 3 N–H and O–H groups in total. The Morgan fingerprint density at radius 3 is 2.81 bits per heavy atom. The average molecular weight is 378 g/mol. The molecule has 2 aromatic rings. The Hall–Kier alpha value is -2.69. The van der Waals surface area contributed by atoms with Crippen molar-refractivity contribution in [3.63, 3.8) is 0 Å². The SMILES string of the molecule is CCCCn1c(N)c(N(CCOC)Cc2nnnn2C2CC2)c(=O)[nH]c1=O. The van der Waals surface area contributed by atoms with E-state index in [0.29, 0.717) is 38.1 Å². The van der Waals surface area contributed by atoms with Crippen molar-refractivity contribution in [2.24, 2.45) is 0 Å². The van der Waals surface area contributed by atoms with Gasteiger partial charge in [-0.2, -0.15) is 0 Å². The highest BCUT2D eigenvalue weighted by atomic mass is 16.5. The molecule has 11 nitrogen and oxygen atoms in total. The summed E-state index contributed by atoms with van der Waals surface area (Å²) < 4.78 is 8.38. The van der Waals surface area contributed by atoms with Gasteiger partial charge in [0.05, 0.1) is 19.2 Å². The number of hydrogen-bond acceptors (Lipinski definition) is 8. The molecular formula is C16H26N8O3. The number of aromatic nitrogens is 6. The smallest absolute Gasteiger partial charge is 0.330 e. The van der Waals surface area contributed by atoms with E-state index in [1.807, 2.05) is 6.92 Å². The number of unbranched alkanes of at least 4 members (excludes halogenated alkanes) is 1. The Bertz CT molecular complexity index is 883. The first-order valence-electron chi connectivity index (χ1n) is 9.20. The van der Waals surface area contributed by atoms with Crippen molar-refractivity contribution in [3.8, 4) is 0 Å². The molecule has 148 valence electrons. The van der Waals surface area contributed by atoms with Gasteiger partial charge < -0.3 is 15.4 Å². The summed E-state index contributed by atoms with van der Waals surface area (Å²) in [5.41, 5.74) is 5.47. The van der Waals surface area contributed by atoms with Crippen LogP contribution in [0.4, 0.5) is 11.5 Å². The van der Waals surface area contributed by atoms with Crippen molar-refractivity contribution >= 4 is 11.5 Å². The van der Waals surface area contributed by atoms with Gasteiger partial charge in [-0.1, -0.05) is 13.3 Å². The fraction of sp³-hybridized carbons (Fsp3) is 0.688. The summed E-state index contributed by atoms with van der Waals surface area (Å²) >= 11 is 0. The largest absolute Gasteiger partial charge is 0.383 e. The molecule has 0 unspecified atom stereocenters. The van der Waals surface area contributed by atoms with E-state index < -0.39 is 11.2 Å². The molecule has 2 heterocycles. The van der Waals surface area contributed by atoms with Gasteiger partial charge in [0.1, 0.15) is 11.5 Å². The fourth-order valence-corrected chi connectivity index (χ4v) is 2.98. The minimum absolute atomic E-state index is 0.152. The second-order valence-electron chi connectivity index (χ2n) is 6.68. The number of methoxy groups -OCH3 is 1. The first kappa shape index (κ1) is 19.1. The van der Waals surface area contributed by atoms with Crippen molar-refractivity contribution < 1.29 is 4.74 Å². The molecule has 3 rings (SSSR count). The maximum Gasteiger partial charge on any atom is 0.330 e. The predicted molar refractivity (Wildman–Crippen MR) is 99.7 cm³/mol. The number of aromatic amines is 1. The van der Waals surface area contributed by atoms with Crippen LogP contribution in [0.15, 0.2) is 9.59 Å². The first-order valence-corrected chi connectivity index (χ1v) is 9.20. The molecule has 1 aliphatic carbocycles. The molecule has 1 aliphatic rings. The maximum atomic E-state index is 12.6. The first-order chi connectivity index (χ1) is 13.1. The van der Waals surface area contributed by atoms with Gasteiger partial charge in [-0.05, 0) is 29.7 Å². The number of H-pyrrole nitrogens is 1. The maximum absolute atomic E-state index is 12.6. The van der Waals surface area contributed by atoms with Crippen LogP contribution in [0.1, 0.15) is 44.5 Å². The monoisotopic (exact) mass is 378 g/mol. The van der Waals surface area contributed by atoms with Gasteiger partial charge in [-0.25, -0.2) is 9.48 Å². The number of anilines is 2. The average Bonchev–Trinajstić information content (AvgIpc) is 3.38. The van der Waals surface area contributed by atoms with Crippen LogP contribution >= 0.6 is 0 Å². The van der Waals surface area contributed by atoms with E-state index in [2.05, 4.69) is 20.5 Å². The summed E-state index contributed by atoms with van der Waals surface area (Å²) in [6.07, 6.45) is 3.78. The third-order valence-corrected chi connectivity index (χ3v) is 4.62. The second-order valence-corrected chi connectivity index (χ2v) is 6.68. The zero-order chi connectivity index (χ0) is 19.4. The van der Waals surface area contributed by atoms with Crippen LogP contribution in [-0.2, 0) is 17.8 Å². The van der Waals surface area contributed by atoms with Crippen molar-refractivity contribution in [3.05, 3.63) is 26.7 Å². The molecule has 0 radical (unpaired) electrons. The van der Waals surface area contributed by atoms with Crippen LogP contribution in [0.3, 0.4) is 0 Å².